The normalized spacial score (nSPS) is 10.5. The molecule has 0 bridgehead atoms. The summed E-state index contributed by atoms with van der Waals surface area (Å²) in [5.41, 5.74) is 1.27. The molecule has 0 fully saturated rings. The molecule has 0 amide bonds. The highest BCUT2D eigenvalue weighted by atomic mass is 32.2. The van der Waals surface area contributed by atoms with Crippen LogP contribution in [-0.2, 0) is 29.6 Å². The van der Waals surface area contributed by atoms with Gasteiger partial charge in [-0.05, 0) is 24.1 Å². The number of aromatic nitrogens is 3. The van der Waals surface area contributed by atoms with E-state index in [4.69, 9.17) is 4.74 Å². The molecule has 1 aromatic carbocycles. The zero-order chi connectivity index (χ0) is 15.9. The molecule has 0 aliphatic heterocycles. The molecule has 0 saturated carbocycles. The second-order valence-corrected chi connectivity index (χ2v) is 5.55. The number of aryl methyl sites for hydroxylation is 1. The number of esters is 1. The molecule has 7 heteroatoms. The van der Waals surface area contributed by atoms with Crippen LogP contribution < -0.4 is 4.74 Å². The van der Waals surface area contributed by atoms with Gasteiger partial charge in [0.1, 0.15) is 12.4 Å². The molecular weight excluding hydrogens is 302 g/mol. The standard InChI is InChI=1S/C15H19N3O3S/c1-4-11-5-7-12(8-6-11)21-9-13-16-17-15(18(13)2)22-10-14(19)20-3/h5-8H,4,9-10H2,1-3H3. The molecule has 118 valence electrons. The second-order valence-electron chi connectivity index (χ2n) is 4.61. The summed E-state index contributed by atoms with van der Waals surface area (Å²) in [5, 5.41) is 8.79. The lowest BCUT2D eigenvalue weighted by Gasteiger charge is -2.07. The molecule has 0 atom stereocenters. The van der Waals surface area contributed by atoms with E-state index in [-0.39, 0.29) is 11.7 Å². The van der Waals surface area contributed by atoms with Crippen LogP contribution in [0.3, 0.4) is 0 Å². The van der Waals surface area contributed by atoms with E-state index < -0.39 is 0 Å². The van der Waals surface area contributed by atoms with Crippen LogP contribution in [0, 0.1) is 0 Å². The van der Waals surface area contributed by atoms with Crippen LogP contribution >= 0.6 is 11.8 Å². The average molecular weight is 321 g/mol. The fourth-order valence-corrected chi connectivity index (χ4v) is 2.51. The summed E-state index contributed by atoms with van der Waals surface area (Å²) in [6.07, 6.45) is 1.00. The first-order valence-electron chi connectivity index (χ1n) is 6.93. The first kappa shape index (κ1) is 16.4. The molecule has 0 saturated heterocycles. The second kappa shape index (κ2) is 7.84. The predicted molar refractivity (Wildman–Crippen MR) is 83.9 cm³/mol. The van der Waals surface area contributed by atoms with E-state index in [9.17, 15) is 4.79 Å². The van der Waals surface area contributed by atoms with Gasteiger partial charge in [-0.2, -0.15) is 0 Å². The maximum atomic E-state index is 11.1. The minimum absolute atomic E-state index is 0.210. The highest BCUT2D eigenvalue weighted by molar-refractivity contribution is 7.99. The average Bonchev–Trinajstić information content (AvgIpc) is 2.91. The number of hydrogen-bond donors (Lipinski definition) is 0. The smallest absolute Gasteiger partial charge is 0.316 e. The van der Waals surface area contributed by atoms with Crippen LogP contribution in [0.5, 0.6) is 5.75 Å². The van der Waals surface area contributed by atoms with Crippen LogP contribution in [0.25, 0.3) is 0 Å². The van der Waals surface area contributed by atoms with Crippen molar-refractivity contribution in [2.24, 2.45) is 7.05 Å². The quantitative estimate of drug-likeness (QED) is 0.575. The van der Waals surface area contributed by atoms with Gasteiger partial charge in [0.2, 0.25) is 0 Å². The number of carbonyl (C=O) groups excluding carboxylic acids is 1. The molecule has 1 aromatic heterocycles. The van der Waals surface area contributed by atoms with Crippen molar-refractivity contribution in [1.82, 2.24) is 14.8 Å². The van der Waals surface area contributed by atoms with E-state index in [1.54, 1.807) is 0 Å². The third kappa shape index (κ3) is 4.24. The van der Waals surface area contributed by atoms with Crippen molar-refractivity contribution in [3.63, 3.8) is 0 Å². The predicted octanol–water partition coefficient (Wildman–Crippen LogP) is 2.22. The monoisotopic (exact) mass is 321 g/mol. The fourth-order valence-electron chi connectivity index (χ4n) is 1.75. The van der Waals surface area contributed by atoms with Gasteiger partial charge in [0.25, 0.3) is 0 Å². The van der Waals surface area contributed by atoms with Crippen molar-refractivity contribution in [3.8, 4) is 5.75 Å². The van der Waals surface area contributed by atoms with Gasteiger partial charge in [-0.3, -0.25) is 4.79 Å². The van der Waals surface area contributed by atoms with Crippen molar-refractivity contribution in [3.05, 3.63) is 35.7 Å². The Morgan fingerprint density at radius 1 is 1.27 bits per heavy atom. The molecule has 6 nitrogen and oxygen atoms in total. The molecule has 2 aromatic rings. The first-order valence-corrected chi connectivity index (χ1v) is 7.92. The van der Waals surface area contributed by atoms with Crippen LogP contribution in [0.2, 0.25) is 0 Å². The number of thioether (sulfide) groups is 1. The third-order valence-electron chi connectivity index (χ3n) is 3.17. The van der Waals surface area contributed by atoms with E-state index in [0.717, 1.165) is 12.2 Å². The Bertz CT molecular complexity index is 625. The Morgan fingerprint density at radius 3 is 2.64 bits per heavy atom. The number of hydrogen-bond acceptors (Lipinski definition) is 6. The molecule has 0 aliphatic carbocycles. The molecule has 22 heavy (non-hydrogen) atoms. The molecule has 0 radical (unpaired) electrons. The number of benzene rings is 1. The number of methoxy groups -OCH3 is 1. The van der Waals surface area contributed by atoms with Crippen molar-refractivity contribution < 1.29 is 14.3 Å². The van der Waals surface area contributed by atoms with Crippen molar-refractivity contribution in [1.29, 1.82) is 0 Å². The minimum atomic E-state index is -0.290. The van der Waals surface area contributed by atoms with Gasteiger partial charge in [0.05, 0.1) is 12.9 Å². The lowest BCUT2D eigenvalue weighted by atomic mass is 10.2. The van der Waals surface area contributed by atoms with Crippen LogP contribution in [-0.4, -0.2) is 33.6 Å². The Hall–Kier alpha value is -2.02. The maximum Gasteiger partial charge on any atom is 0.316 e. The van der Waals surface area contributed by atoms with Crippen molar-refractivity contribution >= 4 is 17.7 Å². The van der Waals surface area contributed by atoms with Gasteiger partial charge >= 0.3 is 5.97 Å². The van der Waals surface area contributed by atoms with Crippen molar-refractivity contribution in [2.45, 2.75) is 25.1 Å². The zero-order valence-electron chi connectivity index (χ0n) is 12.9. The third-order valence-corrected chi connectivity index (χ3v) is 4.17. The summed E-state index contributed by atoms with van der Waals surface area (Å²) in [6, 6.07) is 7.98. The summed E-state index contributed by atoms with van der Waals surface area (Å²) in [4.78, 5) is 11.1. The lowest BCUT2D eigenvalue weighted by Crippen LogP contribution is -2.06. The Labute approximate surface area is 133 Å². The van der Waals surface area contributed by atoms with E-state index in [1.807, 2.05) is 35.9 Å². The Kier molecular flexibility index (Phi) is 5.83. The van der Waals surface area contributed by atoms with E-state index in [2.05, 4.69) is 21.9 Å². The molecule has 0 spiro atoms. The van der Waals surface area contributed by atoms with E-state index in [0.29, 0.717) is 17.6 Å². The van der Waals surface area contributed by atoms with Gasteiger partial charge in [-0.15, -0.1) is 10.2 Å². The summed E-state index contributed by atoms with van der Waals surface area (Å²) < 4.78 is 12.1. The molecule has 0 N–H and O–H groups in total. The van der Waals surface area contributed by atoms with Crippen LogP contribution in [0.4, 0.5) is 0 Å². The molecule has 0 aliphatic rings. The van der Waals surface area contributed by atoms with E-state index >= 15 is 0 Å². The number of rotatable bonds is 7. The van der Waals surface area contributed by atoms with Gasteiger partial charge in [0.15, 0.2) is 11.0 Å². The zero-order valence-corrected chi connectivity index (χ0v) is 13.7. The topological polar surface area (TPSA) is 66.2 Å². The first-order chi connectivity index (χ1) is 10.6. The van der Waals surface area contributed by atoms with E-state index in [1.165, 1.54) is 24.4 Å². The Morgan fingerprint density at radius 2 is 2.00 bits per heavy atom. The summed E-state index contributed by atoms with van der Waals surface area (Å²) in [6.45, 7) is 2.44. The summed E-state index contributed by atoms with van der Waals surface area (Å²) in [5.74, 6) is 1.42. The molecule has 0 unspecified atom stereocenters. The lowest BCUT2D eigenvalue weighted by molar-refractivity contribution is -0.137. The number of ether oxygens (including phenoxy) is 2. The highest BCUT2D eigenvalue weighted by Crippen LogP contribution is 2.18. The van der Waals surface area contributed by atoms with Crippen LogP contribution in [0.1, 0.15) is 18.3 Å². The number of carbonyl (C=O) groups is 1. The summed E-state index contributed by atoms with van der Waals surface area (Å²) in [7, 11) is 3.21. The summed E-state index contributed by atoms with van der Waals surface area (Å²) >= 11 is 1.29. The number of nitrogens with zero attached hydrogens (tertiary/aromatic N) is 3. The molecule has 1 heterocycles. The van der Waals surface area contributed by atoms with Gasteiger partial charge < -0.3 is 14.0 Å². The van der Waals surface area contributed by atoms with Crippen LogP contribution in [0.15, 0.2) is 29.4 Å². The molecular formula is C15H19N3O3S. The van der Waals surface area contributed by atoms with Gasteiger partial charge in [0, 0.05) is 7.05 Å². The highest BCUT2D eigenvalue weighted by Gasteiger charge is 2.12. The molecule has 2 rings (SSSR count). The van der Waals surface area contributed by atoms with Gasteiger partial charge in [-0.25, -0.2) is 0 Å². The maximum absolute atomic E-state index is 11.1. The Balaban J connectivity index is 1.92. The minimum Gasteiger partial charge on any atom is -0.486 e. The SMILES string of the molecule is CCc1ccc(OCc2nnc(SCC(=O)OC)n2C)cc1. The fraction of sp³-hybridized carbons (Fsp3) is 0.400. The van der Waals surface area contributed by atoms with Gasteiger partial charge in [-0.1, -0.05) is 30.8 Å². The van der Waals surface area contributed by atoms with Crippen molar-refractivity contribution in [2.75, 3.05) is 12.9 Å². The largest absolute Gasteiger partial charge is 0.486 e.